The van der Waals surface area contributed by atoms with Gasteiger partial charge in [-0.25, -0.2) is 4.98 Å². The molecule has 0 radical (unpaired) electrons. The van der Waals surface area contributed by atoms with Crippen molar-refractivity contribution in [2.45, 2.75) is 19.4 Å². The molecule has 1 aliphatic rings. The quantitative estimate of drug-likeness (QED) is 0.903. The van der Waals surface area contributed by atoms with Gasteiger partial charge >= 0.3 is 0 Å². The maximum absolute atomic E-state index is 12.2. The van der Waals surface area contributed by atoms with Crippen LogP contribution in [0.3, 0.4) is 0 Å². The zero-order valence-corrected chi connectivity index (χ0v) is 13.7. The largest absolute Gasteiger partial charge is 0.357 e. The molecular weight excluding hydrogens is 312 g/mol. The number of carbonyl (C=O) groups excluding carboxylic acids is 1. The molecular formula is C17H21ClN4O. The minimum atomic E-state index is -0.140. The number of halogens is 1. The second-order valence-electron chi connectivity index (χ2n) is 5.45. The summed E-state index contributed by atoms with van der Waals surface area (Å²) in [6.45, 7) is 2.60. The molecule has 1 amide bonds. The van der Waals surface area contributed by atoms with Gasteiger partial charge in [-0.15, -0.1) is 12.4 Å². The van der Waals surface area contributed by atoms with Crippen LogP contribution in [0.2, 0.25) is 0 Å². The van der Waals surface area contributed by atoms with E-state index in [0.717, 1.165) is 24.5 Å². The first-order valence-electron chi connectivity index (χ1n) is 7.57. The molecule has 1 aliphatic heterocycles. The smallest absolute Gasteiger partial charge is 0.255 e. The molecule has 6 heteroatoms. The maximum atomic E-state index is 12.2. The number of nitrogens with one attached hydrogen (secondary N) is 1. The molecule has 0 unspecified atom stereocenters. The van der Waals surface area contributed by atoms with E-state index < -0.39 is 0 Å². The van der Waals surface area contributed by atoms with E-state index in [1.165, 1.54) is 12.8 Å². The fourth-order valence-electron chi connectivity index (χ4n) is 2.59. The van der Waals surface area contributed by atoms with Crippen molar-refractivity contribution < 1.29 is 4.79 Å². The van der Waals surface area contributed by atoms with E-state index in [1.807, 2.05) is 24.3 Å². The summed E-state index contributed by atoms with van der Waals surface area (Å²) < 4.78 is 0. The van der Waals surface area contributed by atoms with Gasteiger partial charge in [0.05, 0.1) is 11.9 Å². The van der Waals surface area contributed by atoms with Crippen molar-refractivity contribution in [3.05, 3.63) is 53.7 Å². The van der Waals surface area contributed by atoms with Gasteiger partial charge in [-0.1, -0.05) is 12.1 Å². The van der Waals surface area contributed by atoms with Crippen LogP contribution >= 0.6 is 12.4 Å². The van der Waals surface area contributed by atoms with Gasteiger partial charge in [0.25, 0.3) is 5.91 Å². The average Bonchev–Trinajstić information content (AvgIpc) is 3.10. The summed E-state index contributed by atoms with van der Waals surface area (Å²) in [7, 11) is 0. The van der Waals surface area contributed by atoms with Gasteiger partial charge in [-0.3, -0.25) is 4.79 Å². The summed E-state index contributed by atoms with van der Waals surface area (Å²) >= 11 is 0. The third-order valence-corrected chi connectivity index (χ3v) is 3.89. The van der Waals surface area contributed by atoms with Crippen LogP contribution in [-0.4, -0.2) is 24.0 Å². The number of hydrogen-bond donors (Lipinski definition) is 2. The first-order valence-corrected chi connectivity index (χ1v) is 7.57. The molecule has 2 aromatic rings. The van der Waals surface area contributed by atoms with Crippen LogP contribution in [0.15, 0.2) is 42.6 Å². The van der Waals surface area contributed by atoms with Crippen molar-refractivity contribution in [1.82, 2.24) is 4.98 Å². The van der Waals surface area contributed by atoms with Gasteiger partial charge in [-0.2, -0.15) is 0 Å². The van der Waals surface area contributed by atoms with Crippen molar-refractivity contribution in [1.29, 1.82) is 0 Å². The summed E-state index contributed by atoms with van der Waals surface area (Å²) in [5.41, 5.74) is 7.88. The molecule has 5 nitrogen and oxygen atoms in total. The molecule has 0 atom stereocenters. The Morgan fingerprint density at radius 1 is 1.13 bits per heavy atom. The van der Waals surface area contributed by atoms with E-state index in [9.17, 15) is 4.79 Å². The lowest BCUT2D eigenvalue weighted by Gasteiger charge is -2.16. The molecule has 2 heterocycles. The van der Waals surface area contributed by atoms with Crippen LogP contribution in [0.25, 0.3) is 0 Å². The predicted octanol–water partition coefficient (Wildman–Crippen LogP) is 2.81. The molecule has 3 rings (SSSR count). The van der Waals surface area contributed by atoms with Crippen molar-refractivity contribution >= 4 is 29.8 Å². The predicted molar refractivity (Wildman–Crippen MR) is 95.2 cm³/mol. The van der Waals surface area contributed by atoms with Crippen molar-refractivity contribution in [3.63, 3.8) is 0 Å². The van der Waals surface area contributed by atoms with Gasteiger partial charge in [0, 0.05) is 25.2 Å². The maximum Gasteiger partial charge on any atom is 0.255 e. The fourth-order valence-corrected chi connectivity index (χ4v) is 2.59. The number of anilines is 2. The number of pyridine rings is 1. The Labute approximate surface area is 142 Å². The Bertz CT molecular complexity index is 637. The summed E-state index contributed by atoms with van der Waals surface area (Å²) in [5, 5.41) is 2.86. The highest BCUT2D eigenvalue weighted by Gasteiger charge is 2.13. The van der Waals surface area contributed by atoms with E-state index >= 15 is 0 Å². The standard InChI is InChI=1S/C17H20N4O.ClH/c18-11-13-3-5-14(6-4-13)17(22)20-15-7-8-16(19-12-15)21-9-1-2-10-21;/h3-8,12H,1-2,9-11,18H2,(H,20,22);1H. The van der Waals surface area contributed by atoms with Gasteiger partial charge in [-0.05, 0) is 42.7 Å². The zero-order chi connectivity index (χ0) is 15.4. The molecule has 1 fully saturated rings. The van der Waals surface area contributed by atoms with Gasteiger partial charge < -0.3 is 16.0 Å². The lowest BCUT2D eigenvalue weighted by atomic mass is 10.1. The summed E-state index contributed by atoms with van der Waals surface area (Å²) in [5.74, 6) is 0.835. The number of carbonyl (C=O) groups is 1. The minimum absolute atomic E-state index is 0. The van der Waals surface area contributed by atoms with Crippen LogP contribution in [0.1, 0.15) is 28.8 Å². The van der Waals surface area contributed by atoms with E-state index in [1.54, 1.807) is 18.3 Å². The van der Waals surface area contributed by atoms with Gasteiger partial charge in [0.2, 0.25) is 0 Å². The average molecular weight is 333 g/mol. The minimum Gasteiger partial charge on any atom is -0.357 e. The summed E-state index contributed by atoms with van der Waals surface area (Å²) in [6, 6.07) is 11.1. The summed E-state index contributed by atoms with van der Waals surface area (Å²) in [4.78, 5) is 18.9. The normalized spacial score (nSPS) is 13.5. The number of hydrogen-bond acceptors (Lipinski definition) is 4. The van der Waals surface area contributed by atoms with E-state index in [-0.39, 0.29) is 18.3 Å². The van der Waals surface area contributed by atoms with E-state index in [2.05, 4.69) is 15.2 Å². The zero-order valence-electron chi connectivity index (χ0n) is 12.9. The fraction of sp³-hybridized carbons (Fsp3) is 0.294. The number of nitrogens with zero attached hydrogens (tertiary/aromatic N) is 2. The lowest BCUT2D eigenvalue weighted by molar-refractivity contribution is 0.102. The van der Waals surface area contributed by atoms with Crippen LogP contribution in [-0.2, 0) is 6.54 Å². The highest BCUT2D eigenvalue weighted by molar-refractivity contribution is 6.04. The Kier molecular flexibility index (Phi) is 5.96. The molecule has 23 heavy (non-hydrogen) atoms. The first-order chi connectivity index (χ1) is 10.8. The molecule has 1 saturated heterocycles. The van der Waals surface area contributed by atoms with Gasteiger partial charge in [0.1, 0.15) is 5.82 Å². The third kappa shape index (κ3) is 4.21. The van der Waals surface area contributed by atoms with Gasteiger partial charge in [0.15, 0.2) is 0 Å². The second kappa shape index (κ2) is 7.94. The molecule has 0 spiro atoms. The highest BCUT2D eigenvalue weighted by Crippen LogP contribution is 2.19. The molecule has 0 bridgehead atoms. The number of rotatable bonds is 4. The lowest BCUT2D eigenvalue weighted by Crippen LogP contribution is -2.19. The molecule has 0 saturated carbocycles. The van der Waals surface area contributed by atoms with Crippen LogP contribution in [0.4, 0.5) is 11.5 Å². The molecule has 0 aliphatic carbocycles. The van der Waals surface area contributed by atoms with Crippen LogP contribution in [0.5, 0.6) is 0 Å². The molecule has 1 aromatic carbocycles. The van der Waals surface area contributed by atoms with E-state index in [4.69, 9.17) is 5.73 Å². The third-order valence-electron chi connectivity index (χ3n) is 3.89. The Morgan fingerprint density at radius 2 is 1.83 bits per heavy atom. The van der Waals surface area contributed by atoms with E-state index in [0.29, 0.717) is 17.8 Å². The monoisotopic (exact) mass is 332 g/mol. The molecule has 3 N–H and O–H groups in total. The Morgan fingerprint density at radius 3 is 2.39 bits per heavy atom. The topological polar surface area (TPSA) is 71.2 Å². The Balaban J connectivity index is 0.00000192. The molecule has 1 aromatic heterocycles. The number of amides is 1. The first kappa shape index (κ1) is 17.2. The molecule has 122 valence electrons. The van der Waals surface area contributed by atoms with Crippen molar-refractivity contribution in [3.8, 4) is 0 Å². The number of benzene rings is 1. The number of aromatic nitrogens is 1. The number of nitrogens with two attached hydrogens (primary N) is 1. The Hall–Kier alpha value is -2.11. The summed E-state index contributed by atoms with van der Waals surface area (Å²) in [6.07, 6.45) is 4.15. The highest BCUT2D eigenvalue weighted by atomic mass is 35.5. The SMILES string of the molecule is Cl.NCc1ccc(C(=O)Nc2ccc(N3CCCC3)nc2)cc1. The van der Waals surface area contributed by atoms with Crippen molar-refractivity contribution in [2.24, 2.45) is 5.73 Å². The van der Waals surface area contributed by atoms with Crippen LogP contribution < -0.4 is 16.0 Å². The second-order valence-corrected chi connectivity index (χ2v) is 5.45. The van der Waals surface area contributed by atoms with Crippen molar-refractivity contribution in [2.75, 3.05) is 23.3 Å². The van der Waals surface area contributed by atoms with Crippen LogP contribution in [0, 0.1) is 0 Å².